The number of fused-ring (bicyclic) bond motifs is 1. The standard InChI is InChI=1S/C11H14N2O/c1-7-6-13-9-3-2-8(4-5-12)11(14)10(7)9/h2-3,6,13-14H,4-5,12H2,1H3. The third-order valence-corrected chi connectivity index (χ3v) is 2.51. The predicted molar refractivity (Wildman–Crippen MR) is 57.5 cm³/mol. The van der Waals surface area contributed by atoms with Gasteiger partial charge < -0.3 is 15.8 Å². The summed E-state index contributed by atoms with van der Waals surface area (Å²) in [5.41, 5.74) is 8.43. The van der Waals surface area contributed by atoms with Crippen molar-refractivity contribution in [3.8, 4) is 5.75 Å². The van der Waals surface area contributed by atoms with Crippen LogP contribution in [0.2, 0.25) is 0 Å². The van der Waals surface area contributed by atoms with Crippen LogP contribution in [0.15, 0.2) is 18.3 Å². The smallest absolute Gasteiger partial charge is 0.128 e. The Balaban J connectivity index is 2.66. The van der Waals surface area contributed by atoms with Crippen molar-refractivity contribution in [3.05, 3.63) is 29.5 Å². The lowest BCUT2D eigenvalue weighted by Crippen LogP contribution is -2.02. The van der Waals surface area contributed by atoms with E-state index in [-0.39, 0.29) is 0 Å². The fourth-order valence-corrected chi connectivity index (χ4v) is 1.77. The van der Waals surface area contributed by atoms with E-state index < -0.39 is 0 Å². The second kappa shape index (κ2) is 3.35. The van der Waals surface area contributed by atoms with Crippen molar-refractivity contribution in [2.45, 2.75) is 13.3 Å². The summed E-state index contributed by atoms with van der Waals surface area (Å²) in [6.07, 6.45) is 2.61. The Labute approximate surface area is 82.6 Å². The van der Waals surface area contributed by atoms with Crippen LogP contribution in [0.3, 0.4) is 0 Å². The minimum Gasteiger partial charge on any atom is -0.507 e. The van der Waals surface area contributed by atoms with E-state index in [1.807, 2.05) is 25.3 Å². The van der Waals surface area contributed by atoms with E-state index in [2.05, 4.69) is 4.98 Å². The molecule has 4 N–H and O–H groups in total. The van der Waals surface area contributed by atoms with Gasteiger partial charge >= 0.3 is 0 Å². The van der Waals surface area contributed by atoms with Crippen molar-refractivity contribution in [2.24, 2.45) is 5.73 Å². The average Bonchev–Trinajstić information content (AvgIpc) is 2.54. The van der Waals surface area contributed by atoms with E-state index in [9.17, 15) is 5.11 Å². The molecule has 1 aromatic carbocycles. The number of phenolic OH excluding ortho intramolecular Hbond substituents is 1. The molecule has 0 unspecified atom stereocenters. The molecule has 1 aromatic heterocycles. The highest BCUT2D eigenvalue weighted by molar-refractivity contribution is 5.90. The van der Waals surface area contributed by atoms with Crippen molar-refractivity contribution in [1.29, 1.82) is 0 Å². The molecule has 2 rings (SSSR count). The van der Waals surface area contributed by atoms with Crippen LogP contribution in [-0.2, 0) is 6.42 Å². The molecule has 0 aliphatic rings. The number of aromatic amines is 1. The van der Waals surface area contributed by atoms with Crippen LogP contribution in [-0.4, -0.2) is 16.6 Å². The van der Waals surface area contributed by atoms with Gasteiger partial charge in [-0.2, -0.15) is 0 Å². The van der Waals surface area contributed by atoms with Crippen molar-refractivity contribution in [2.75, 3.05) is 6.54 Å². The largest absolute Gasteiger partial charge is 0.507 e. The van der Waals surface area contributed by atoms with Gasteiger partial charge in [-0.1, -0.05) is 6.07 Å². The Morgan fingerprint density at radius 1 is 1.43 bits per heavy atom. The molecule has 3 nitrogen and oxygen atoms in total. The number of aromatic nitrogens is 1. The van der Waals surface area contributed by atoms with Gasteiger partial charge in [0, 0.05) is 17.1 Å². The number of benzene rings is 1. The summed E-state index contributed by atoms with van der Waals surface area (Å²) in [5, 5.41) is 10.9. The molecule has 0 spiro atoms. The van der Waals surface area contributed by atoms with E-state index in [0.29, 0.717) is 18.7 Å². The number of phenols is 1. The molecule has 2 aromatic rings. The number of hydrogen-bond donors (Lipinski definition) is 3. The second-order valence-electron chi connectivity index (χ2n) is 3.51. The highest BCUT2D eigenvalue weighted by atomic mass is 16.3. The van der Waals surface area contributed by atoms with Gasteiger partial charge in [0.15, 0.2) is 0 Å². The van der Waals surface area contributed by atoms with Crippen molar-refractivity contribution >= 4 is 10.9 Å². The molecule has 0 fully saturated rings. The second-order valence-corrected chi connectivity index (χ2v) is 3.51. The maximum absolute atomic E-state index is 9.97. The number of aryl methyl sites for hydroxylation is 1. The molecule has 0 saturated carbocycles. The molecular weight excluding hydrogens is 176 g/mol. The minimum atomic E-state index is 0.367. The van der Waals surface area contributed by atoms with E-state index >= 15 is 0 Å². The molecule has 1 heterocycles. The van der Waals surface area contributed by atoms with Crippen LogP contribution in [0.1, 0.15) is 11.1 Å². The van der Waals surface area contributed by atoms with Crippen LogP contribution in [0.5, 0.6) is 5.75 Å². The molecule has 0 bridgehead atoms. The highest BCUT2D eigenvalue weighted by Crippen LogP contribution is 2.30. The Morgan fingerprint density at radius 3 is 2.93 bits per heavy atom. The third kappa shape index (κ3) is 1.26. The average molecular weight is 190 g/mol. The van der Waals surface area contributed by atoms with Gasteiger partial charge in [-0.15, -0.1) is 0 Å². The summed E-state index contributed by atoms with van der Waals surface area (Å²) in [4.78, 5) is 3.11. The first kappa shape index (κ1) is 9.09. The number of rotatable bonds is 2. The molecule has 74 valence electrons. The van der Waals surface area contributed by atoms with Crippen molar-refractivity contribution < 1.29 is 5.11 Å². The zero-order valence-electron chi connectivity index (χ0n) is 8.17. The summed E-state index contributed by atoms with van der Waals surface area (Å²) in [5.74, 6) is 0.367. The first-order valence-corrected chi connectivity index (χ1v) is 4.72. The number of hydrogen-bond acceptors (Lipinski definition) is 2. The topological polar surface area (TPSA) is 62.0 Å². The molecule has 0 saturated heterocycles. The van der Waals surface area contributed by atoms with Gasteiger partial charge in [0.2, 0.25) is 0 Å². The Hall–Kier alpha value is -1.48. The number of aromatic hydroxyl groups is 1. The molecule has 0 amide bonds. The van der Waals surface area contributed by atoms with Gasteiger partial charge in [0.25, 0.3) is 0 Å². The van der Waals surface area contributed by atoms with Gasteiger partial charge in [-0.05, 0) is 37.1 Å². The van der Waals surface area contributed by atoms with Gasteiger partial charge in [0.1, 0.15) is 5.75 Å². The molecule has 0 aliphatic carbocycles. The molecule has 3 heteroatoms. The normalized spacial score (nSPS) is 11.0. The quantitative estimate of drug-likeness (QED) is 0.674. The van der Waals surface area contributed by atoms with E-state index in [4.69, 9.17) is 5.73 Å². The van der Waals surface area contributed by atoms with Gasteiger partial charge in [-0.3, -0.25) is 0 Å². The molecule has 14 heavy (non-hydrogen) atoms. The predicted octanol–water partition coefficient (Wildman–Crippen LogP) is 1.68. The summed E-state index contributed by atoms with van der Waals surface area (Å²) >= 11 is 0. The van der Waals surface area contributed by atoms with E-state index in [0.717, 1.165) is 22.0 Å². The fraction of sp³-hybridized carbons (Fsp3) is 0.273. The molecule has 0 radical (unpaired) electrons. The SMILES string of the molecule is Cc1c[nH]c2ccc(CCN)c(O)c12. The minimum absolute atomic E-state index is 0.367. The Kier molecular flexibility index (Phi) is 2.17. The maximum Gasteiger partial charge on any atom is 0.128 e. The van der Waals surface area contributed by atoms with E-state index in [1.165, 1.54) is 0 Å². The lowest BCUT2D eigenvalue weighted by molar-refractivity contribution is 0.474. The number of nitrogens with one attached hydrogen (secondary N) is 1. The zero-order valence-corrected chi connectivity index (χ0v) is 8.17. The number of nitrogens with two attached hydrogens (primary N) is 1. The van der Waals surface area contributed by atoms with Crippen LogP contribution >= 0.6 is 0 Å². The monoisotopic (exact) mass is 190 g/mol. The fourth-order valence-electron chi connectivity index (χ4n) is 1.77. The van der Waals surface area contributed by atoms with Crippen LogP contribution in [0, 0.1) is 6.92 Å². The summed E-state index contributed by atoms with van der Waals surface area (Å²) in [7, 11) is 0. The van der Waals surface area contributed by atoms with Crippen LogP contribution in [0.25, 0.3) is 10.9 Å². The van der Waals surface area contributed by atoms with Crippen molar-refractivity contribution in [3.63, 3.8) is 0 Å². The summed E-state index contributed by atoms with van der Waals surface area (Å²) < 4.78 is 0. The van der Waals surface area contributed by atoms with Gasteiger partial charge in [0.05, 0.1) is 0 Å². The number of H-pyrrole nitrogens is 1. The highest BCUT2D eigenvalue weighted by Gasteiger charge is 2.08. The van der Waals surface area contributed by atoms with E-state index in [1.54, 1.807) is 0 Å². The Bertz CT molecular complexity index is 460. The molecule has 0 aliphatic heterocycles. The molecule has 0 atom stereocenters. The Morgan fingerprint density at radius 2 is 2.21 bits per heavy atom. The lowest BCUT2D eigenvalue weighted by Gasteiger charge is -2.04. The lowest BCUT2D eigenvalue weighted by atomic mass is 10.1. The van der Waals surface area contributed by atoms with Crippen LogP contribution < -0.4 is 5.73 Å². The van der Waals surface area contributed by atoms with Crippen LogP contribution in [0.4, 0.5) is 0 Å². The third-order valence-electron chi connectivity index (χ3n) is 2.51. The summed E-state index contributed by atoms with van der Waals surface area (Å²) in [6, 6.07) is 3.90. The van der Waals surface area contributed by atoms with Crippen molar-refractivity contribution in [1.82, 2.24) is 4.98 Å². The maximum atomic E-state index is 9.97. The summed E-state index contributed by atoms with van der Waals surface area (Å²) in [6.45, 7) is 2.54. The zero-order chi connectivity index (χ0) is 10.1. The first-order valence-electron chi connectivity index (χ1n) is 4.72. The van der Waals surface area contributed by atoms with Gasteiger partial charge in [-0.25, -0.2) is 0 Å². The molecular formula is C11H14N2O. The first-order chi connectivity index (χ1) is 6.74.